The van der Waals surface area contributed by atoms with E-state index >= 15 is 0 Å². The number of morpholine rings is 1. The normalized spacial score (nSPS) is 17.8. The Hall–Kier alpha value is -1.10. The summed E-state index contributed by atoms with van der Waals surface area (Å²) in [7, 11) is 0. The van der Waals surface area contributed by atoms with E-state index in [0.29, 0.717) is 5.92 Å². The highest BCUT2D eigenvalue weighted by Gasteiger charge is 2.17. The van der Waals surface area contributed by atoms with Gasteiger partial charge in [-0.2, -0.15) is 0 Å². The van der Waals surface area contributed by atoms with E-state index in [1.165, 1.54) is 11.3 Å². The van der Waals surface area contributed by atoms with Gasteiger partial charge < -0.3 is 20.5 Å². The molecule has 2 rings (SSSR count). The van der Waals surface area contributed by atoms with E-state index in [-0.39, 0.29) is 12.6 Å². The van der Waals surface area contributed by atoms with E-state index < -0.39 is 0 Å². The largest absolute Gasteiger partial charge is 0.394 e. The number of anilines is 1. The summed E-state index contributed by atoms with van der Waals surface area (Å²) in [4.78, 5) is 2.37. The van der Waals surface area contributed by atoms with Crippen LogP contribution in [-0.4, -0.2) is 38.0 Å². The summed E-state index contributed by atoms with van der Waals surface area (Å²) in [5, 5.41) is 9.18. The summed E-state index contributed by atoms with van der Waals surface area (Å²) < 4.78 is 5.41. The highest BCUT2D eigenvalue weighted by Crippen LogP contribution is 2.30. The Balaban J connectivity index is 2.31. The second-order valence-corrected chi connectivity index (χ2v) is 5.36. The first-order chi connectivity index (χ1) is 9.13. The number of aliphatic hydroxyl groups excluding tert-OH is 1. The first kappa shape index (κ1) is 14.3. The predicted octanol–water partition coefficient (Wildman–Crippen LogP) is 1.64. The molecule has 4 nitrogen and oxygen atoms in total. The van der Waals surface area contributed by atoms with Crippen molar-refractivity contribution < 1.29 is 9.84 Å². The topological polar surface area (TPSA) is 58.7 Å². The van der Waals surface area contributed by atoms with Crippen molar-refractivity contribution in [2.24, 2.45) is 5.73 Å². The minimum absolute atomic E-state index is 0.0194. The van der Waals surface area contributed by atoms with Crippen LogP contribution in [0.1, 0.15) is 36.9 Å². The number of nitrogens with zero attached hydrogens (tertiary/aromatic N) is 1. The molecule has 1 aromatic rings. The predicted molar refractivity (Wildman–Crippen MR) is 77.6 cm³/mol. The summed E-state index contributed by atoms with van der Waals surface area (Å²) in [5.41, 5.74) is 9.48. The first-order valence-electron chi connectivity index (χ1n) is 6.96. The lowest BCUT2D eigenvalue weighted by Gasteiger charge is -2.32. The quantitative estimate of drug-likeness (QED) is 0.868. The summed E-state index contributed by atoms with van der Waals surface area (Å²) >= 11 is 0. The van der Waals surface area contributed by atoms with Crippen LogP contribution in [0.5, 0.6) is 0 Å². The van der Waals surface area contributed by atoms with E-state index in [1.54, 1.807) is 0 Å². The average Bonchev–Trinajstić information content (AvgIpc) is 2.46. The van der Waals surface area contributed by atoms with Crippen LogP contribution in [0, 0.1) is 0 Å². The van der Waals surface area contributed by atoms with Gasteiger partial charge >= 0.3 is 0 Å². The summed E-state index contributed by atoms with van der Waals surface area (Å²) in [6.07, 6.45) is 0. The molecule has 3 N–H and O–H groups in total. The van der Waals surface area contributed by atoms with E-state index in [1.807, 2.05) is 6.07 Å². The maximum atomic E-state index is 9.18. The molecular formula is C15H24N2O2. The molecule has 0 saturated carbocycles. The van der Waals surface area contributed by atoms with Gasteiger partial charge in [-0.25, -0.2) is 0 Å². The van der Waals surface area contributed by atoms with E-state index in [4.69, 9.17) is 10.5 Å². The zero-order valence-corrected chi connectivity index (χ0v) is 11.8. The Bertz CT molecular complexity index is 415. The van der Waals surface area contributed by atoms with Crippen molar-refractivity contribution in [3.8, 4) is 0 Å². The van der Waals surface area contributed by atoms with Crippen molar-refractivity contribution in [1.82, 2.24) is 0 Å². The summed E-state index contributed by atoms with van der Waals surface area (Å²) in [6.45, 7) is 7.80. The number of ether oxygens (including phenoxy) is 1. The second-order valence-electron chi connectivity index (χ2n) is 5.36. The van der Waals surface area contributed by atoms with Crippen molar-refractivity contribution in [3.63, 3.8) is 0 Å². The Kier molecular flexibility index (Phi) is 4.80. The summed E-state index contributed by atoms with van der Waals surface area (Å²) in [6, 6.07) is 6.00. The van der Waals surface area contributed by atoms with Gasteiger partial charge in [0, 0.05) is 18.8 Å². The Labute approximate surface area is 115 Å². The number of hydrogen-bond donors (Lipinski definition) is 2. The number of nitrogens with two attached hydrogens (primary N) is 1. The molecule has 0 aliphatic carbocycles. The van der Waals surface area contributed by atoms with Crippen LogP contribution in [0.4, 0.5) is 5.69 Å². The molecule has 19 heavy (non-hydrogen) atoms. The lowest BCUT2D eigenvalue weighted by molar-refractivity contribution is 0.122. The summed E-state index contributed by atoms with van der Waals surface area (Å²) in [5.74, 6) is 0.434. The number of rotatable bonds is 4. The van der Waals surface area contributed by atoms with Gasteiger partial charge in [-0.05, 0) is 23.1 Å². The fraction of sp³-hybridized carbons (Fsp3) is 0.600. The van der Waals surface area contributed by atoms with E-state index in [0.717, 1.165) is 31.9 Å². The molecule has 0 unspecified atom stereocenters. The lowest BCUT2D eigenvalue weighted by atomic mass is 9.95. The Morgan fingerprint density at radius 3 is 2.58 bits per heavy atom. The van der Waals surface area contributed by atoms with Gasteiger partial charge in [0.05, 0.1) is 25.9 Å². The average molecular weight is 264 g/mol. The molecule has 0 bridgehead atoms. The van der Waals surface area contributed by atoms with Gasteiger partial charge in [-0.1, -0.05) is 26.0 Å². The zero-order chi connectivity index (χ0) is 13.8. The third kappa shape index (κ3) is 3.26. The third-order valence-electron chi connectivity index (χ3n) is 3.65. The highest BCUT2D eigenvalue weighted by molar-refractivity contribution is 5.57. The molecule has 1 heterocycles. The van der Waals surface area contributed by atoms with Crippen molar-refractivity contribution in [2.45, 2.75) is 25.8 Å². The van der Waals surface area contributed by atoms with Gasteiger partial charge in [0.2, 0.25) is 0 Å². The zero-order valence-electron chi connectivity index (χ0n) is 11.8. The maximum Gasteiger partial charge on any atom is 0.0642 e. The van der Waals surface area contributed by atoms with Crippen LogP contribution in [0.2, 0.25) is 0 Å². The molecule has 1 atom stereocenters. The fourth-order valence-corrected chi connectivity index (χ4v) is 2.46. The molecule has 4 heteroatoms. The highest BCUT2D eigenvalue weighted by atomic mass is 16.5. The second kappa shape index (κ2) is 6.37. The molecule has 0 spiro atoms. The van der Waals surface area contributed by atoms with Crippen LogP contribution in [0.25, 0.3) is 0 Å². The number of benzene rings is 1. The van der Waals surface area contributed by atoms with Gasteiger partial charge in [0.25, 0.3) is 0 Å². The monoisotopic (exact) mass is 264 g/mol. The van der Waals surface area contributed by atoms with Gasteiger partial charge in [0.1, 0.15) is 0 Å². The van der Waals surface area contributed by atoms with Crippen molar-refractivity contribution in [2.75, 3.05) is 37.8 Å². The van der Waals surface area contributed by atoms with Gasteiger partial charge in [-0.3, -0.25) is 0 Å². The first-order valence-corrected chi connectivity index (χ1v) is 6.96. The molecule has 1 aliphatic heterocycles. The van der Waals surface area contributed by atoms with E-state index in [9.17, 15) is 5.11 Å². The molecule has 1 saturated heterocycles. The van der Waals surface area contributed by atoms with Crippen LogP contribution in [-0.2, 0) is 4.74 Å². The van der Waals surface area contributed by atoms with Crippen LogP contribution < -0.4 is 10.6 Å². The SMILES string of the molecule is CC(C)c1cc([C@@H](N)CO)ccc1N1CCOCC1. The molecule has 1 aliphatic rings. The maximum absolute atomic E-state index is 9.18. The molecule has 0 aromatic heterocycles. The number of aliphatic hydroxyl groups is 1. The molecule has 0 amide bonds. The Morgan fingerprint density at radius 2 is 2.00 bits per heavy atom. The molecular weight excluding hydrogens is 240 g/mol. The standard InChI is InChI=1S/C15H24N2O2/c1-11(2)13-9-12(14(16)10-18)3-4-15(13)17-5-7-19-8-6-17/h3-4,9,11,14,18H,5-8,10,16H2,1-2H3/t14-/m0/s1. The van der Waals surface area contributed by atoms with Crippen molar-refractivity contribution >= 4 is 5.69 Å². The van der Waals surface area contributed by atoms with Gasteiger partial charge in [0.15, 0.2) is 0 Å². The van der Waals surface area contributed by atoms with Crippen LogP contribution in [0.3, 0.4) is 0 Å². The molecule has 1 fully saturated rings. The van der Waals surface area contributed by atoms with Crippen molar-refractivity contribution in [3.05, 3.63) is 29.3 Å². The minimum Gasteiger partial charge on any atom is -0.394 e. The molecule has 106 valence electrons. The Morgan fingerprint density at radius 1 is 1.32 bits per heavy atom. The van der Waals surface area contributed by atoms with Crippen LogP contribution >= 0.6 is 0 Å². The lowest BCUT2D eigenvalue weighted by Crippen LogP contribution is -2.37. The van der Waals surface area contributed by atoms with Gasteiger partial charge in [-0.15, -0.1) is 0 Å². The molecule has 0 radical (unpaired) electrons. The fourth-order valence-electron chi connectivity index (χ4n) is 2.46. The minimum atomic E-state index is -0.295. The number of hydrogen-bond acceptors (Lipinski definition) is 4. The third-order valence-corrected chi connectivity index (χ3v) is 3.65. The van der Waals surface area contributed by atoms with E-state index in [2.05, 4.69) is 30.9 Å². The van der Waals surface area contributed by atoms with Crippen LogP contribution in [0.15, 0.2) is 18.2 Å². The smallest absolute Gasteiger partial charge is 0.0642 e. The van der Waals surface area contributed by atoms with Crippen molar-refractivity contribution in [1.29, 1.82) is 0 Å². The molecule has 1 aromatic carbocycles.